The average molecular weight is 328 g/mol. The summed E-state index contributed by atoms with van der Waals surface area (Å²) in [7, 11) is 0. The summed E-state index contributed by atoms with van der Waals surface area (Å²) >= 11 is 0. The highest BCUT2D eigenvalue weighted by atomic mass is 16.5. The highest BCUT2D eigenvalue weighted by Gasteiger charge is 2.22. The third-order valence-corrected chi connectivity index (χ3v) is 4.31. The number of H-pyrrole nitrogens is 1. The molecule has 126 valence electrons. The number of aromatic amines is 1. The molecule has 0 radical (unpaired) electrons. The number of nitrogens with one attached hydrogen (secondary N) is 1. The van der Waals surface area contributed by atoms with E-state index in [9.17, 15) is 14.4 Å². The van der Waals surface area contributed by atoms with Crippen LogP contribution in [0.25, 0.3) is 10.9 Å². The molecule has 1 aliphatic heterocycles. The number of carbonyl (C=O) groups is 2. The van der Waals surface area contributed by atoms with Gasteiger partial charge in [0.25, 0.3) is 5.91 Å². The standard InChI is InChI=1S/C18H20N2O4/c1-12-5-4-8-20(10-12)17(22)11-24-18(23)14-9-16(21)19-15-7-3-2-6-13(14)15/h2-3,6-7,9,12H,4-5,8,10-11H2,1H3,(H,19,21)/t12-/m1/s1. The zero-order valence-electron chi connectivity index (χ0n) is 13.6. The number of carbonyl (C=O) groups excluding carboxylic acids is 2. The van der Waals surface area contributed by atoms with Crippen molar-refractivity contribution in [2.75, 3.05) is 19.7 Å². The molecule has 3 rings (SSSR count). The summed E-state index contributed by atoms with van der Waals surface area (Å²) in [6.45, 7) is 3.21. The summed E-state index contributed by atoms with van der Waals surface area (Å²) in [5.41, 5.74) is 0.360. The number of esters is 1. The van der Waals surface area contributed by atoms with Crippen LogP contribution in [0.2, 0.25) is 0 Å². The van der Waals surface area contributed by atoms with Crippen LogP contribution >= 0.6 is 0 Å². The number of nitrogens with zero attached hydrogens (tertiary/aromatic N) is 1. The second kappa shape index (κ2) is 6.86. The van der Waals surface area contributed by atoms with Gasteiger partial charge in [-0.15, -0.1) is 0 Å². The van der Waals surface area contributed by atoms with Gasteiger partial charge >= 0.3 is 5.97 Å². The number of fused-ring (bicyclic) bond motifs is 1. The Hall–Kier alpha value is -2.63. The Morgan fingerprint density at radius 1 is 1.33 bits per heavy atom. The summed E-state index contributed by atoms with van der Waals surface area (Å²) < 4.78 is 5.16. The third kappa shape index (κ3) is 3.48. The first-order chi connectivity index (χ1) is 11.5. The predicted molar refractivity (Wildman–Crippen MR) is 89.8 cm³/mol. The van der Waals surface area contributed by atoms with E-state index < -0.39 is 5.97 Å². The Morgan fingerprint density at radius 3 is 2.92 bits per heavy atom. The first-order valence-corrected chi connectivity index (χ1v) is 8.11. The second-order valence-electron chi connectivity index (χ2n) is 6.26. The molecule has 24 heavy (non-hydrogen) atoms. The van der Waals surface area contributed by atoms with Crippen molar-refractivity contribution in [1.82, 2.24) is 9.88 Å². The Kier molecular flexibility index (Phi) is 4.64. The molecule has 1 saturated heterocycles. The van der Waals surface area contributed by atoms with Crippen LogP contribution in [0.1, 0.15) is 30.1 Å². The highest BCUT2D eigenvalue weighted by molar-refractivity contribution is 6.03. The van der Waals surface area contributed by atoms with E-state index in [2.05, 4.69) is 11.9 Å². The Morgan fingerprint density at radius 2 is 2.12 bits per heavy atom. The molecule has 0 unspecified atom stereocenters. The maximum Gasteiger partial charge on any atom is 0.339 e. The van der Waals surface area contributed by atoms with Gasteiger partial charge in [-0.1, -0.05) is 25.1 Å². The van der Waals surface area contributed by atoms with E-state index in [4.69, 9.17) is 4.74 Å². The normalized spacial score (nSPS) is 17.7. The van der Waals surface area contributed by atoms with Gasteiger partial charge in [-0.05, 0) is 24.8 Å². The number of piperidine rings is 1. The van der Waals surface area contributed by atoms with Crippen molar-refractivity contribution >= 4 is 22.8 Å². The minimum Gasteiger partial charge on any atom is -0.452 e. The molecule has 1 aliphatic rings. The lowest BCUT2D eigenvalue weighted by Gasteiger charge is -2.30. The zero-order valence-corrected chi connectivity index (χ0v) is 13.6. The van der Waals surface area contributed by atoms with Crippen molar-refractivity contribution in [1.29, 1.82) is 0 Å². The van der Waals surface area contributed by atoms with Crippen LogP contribution in [0, 0.1) is 5.92 Å². The smallest absolute Gasteiger partial charge is 0.339 e. The van der Waals surface area contributed by atoms with Crippen LogP contribution in [-0.2, 0) is 9.53 Å². The molecular weight excluding hydrogens is 308 g/mol. The summed E-state index contributed by atoms with van der Waals surface area (Å²) in [4.78, 5) is 40.6. The summed E-state index contributed by atoms with van der Waals surface area (Å²) in [5.74, 6) is -0.380. The number of amides is 1. The van der Waals surface area contributed by atoms with Crippen molar-refractivity contribution in [3.63, 3.8) is 0 Å². The molecule has 2 aromatic rings. The van der Waals surface area contributed by atoms with Gasteiger partial charge in [0.05, 0.1) is 5.56 Å². The van der Waals surface area contributed by atoms with E-state index in [0.29, 0.717) is 29.9 Å². The first kappa shape index (κ1) is 16.2. The van der Waals surface area contributed by atoms with E-state index in [1.807, 2.05) is 0 Å². The van der Waals surface area contributed by atoms with Gasteiger partial charge in [0.1, 0.15) is 0 Å². The first-order valence-electron chi connectivity index (χ1n) is 8.11. The number of pyridine rings is 1. The molecule has 1 N–H and O–H groups in total. The molecule has 6 nitrogen and oxygen atoms in total. The van der Waals surface area contributed by atoms with E-state index in [0.717, 1.165) is 12.8 Å². The molecule has 1 fully saturated rings. The monoisotopic (exact) mass is 328 g/mol. The topological polar surface area (TPSA) is 79.5 Å². The number of likely N-dealkylation sites (tertiary alicyclic amines) is 1. The van der Waals surface area contributed by atoms with Crippen LogP contribution in [0.3, 0.4) is 0 Å². The van der Waals surface area contributed by atoms with Crippen molar-refractivity contribution in [3.8, 4) is 0 Å². The molecule has 6 heteroatoms. The molecule has 1 aromatic carbocycles. The maximum absolute atomic E-state index is 12.3. The Labute approximate surface area is 139 Å². The molecular formula is C18H20N2O4. The molecule has 0 aliphatic carbocycles. The van der Waals surface area contributed by atoms with Crippen LogP contribution in [-0.4, -0.2) is 41.5 Å². The summed E-state index contributed by atoms with van der Waals surface area (Å²) in [6, 6.07) is 8.20. The zero-order chi connectivity index (χ0) is 17.1. The van der Waals surface area contributed by atoms with Gasteiger partial charge < -0.3 is 14.6 Å². The van der Waals surface area contributed by atoms with Gasteiger partial charge in [-0.25, -0.2) is 4.79 Å². The Bertz CT molecular complexity index is 827. The predicted octanol–water partition coefficient (Wildman–Crippen LogP) is 1.94. The third-order valence-electron chi connectivity index (χ3n) is 4.31. The highest BCUT2D eigenvalue weighted by Crippen LogP contribution is 2.17. The van der Waals surface area contributed by atoms with Gasteiger partial charge in [0.15, 0.2) is 6.61 Å². The van der Waals surface area contributed by atoms with Crippen molar-refractivity contribution in [3.05, 3.63) is 46.2 Å². The van der Waals surface area contributed by atoms with E-state index in [1.54, 1.807) is 29.2 Å². The lowest BCUT2D eigenvalue weighted by Crippen LogP contribution is -2.41. The van der Waals surface area contributed by atoms with Gasteiger partial charge in [-0.3, -0.25) is 9.59 Å². The van der Waals surface area contributed by atoms with Crippen LogP contribution < -0.4 is 5.56 Å². The van der Waals surface area contributed by atoms with Crippen LogP contribution in [0.4, 0.5) is 0 Å². The molecule has 2 heterocycles. The number of rotatable bonds is 3. The minimum atomic E-state index is -0.657. The maximum atomic E-state index is 12.3. The number of ether oxygens (including phenoxy) is 1. The number of aromatic nitrogens is 1. The fraction of sp³-hybridized carbons (Fsp3) is 0.389. The van der Waals surface area contributed by atoms with Gasteiger partial charge in [-0.2, -0.15) is 0 Å². The molecule has 1 atom stereocenters. The second-order valence-corrected chi connectivity index (χ2v) is 6.26. The number of hydrogen-bond acceptors (Lipinski definition) is 4. The van der Waals surface area contributed by atoms with E-state index in [1.165, 1.54) is 6.07 Å². The number of benzene rings is 1. The van der Waals surface area contributed by atoms with Crippen molar-refractivity contribution in [2.24, 2.45) is 5.92 Å². The van der Waals surface area contributed by atoms with Gasteiger partial charge in [0, 0.05) is 30.1 Å². The van der Waals surface area contributed by atoms with Crippen LogP contribution in [0.5, 0.6) is 0 Å². The SMILES string of the molecule is C[C@@H]1CCCN(C(=O)COC(=O)c2cc(=O)[nH]c3ccccc23)C1. The number of hydrogen-bond donors (Lipinski definition) is 1. The van der Waals surface area contributed by atoms with Crippen molar-refractivity contribution in [2.45, 2.75) is 19.8 Å². The van der Waals surface area contributed by atoms with E-state index >= 15 is 0 Å². The van der Waals surface area contributed by atoms with Crippen LogP contribution in [0.15, 0.2) is 35.1 Å². The molecule has 1 aromatic heterocycles. The van der Waals surface area contributed by atoms with E-state index in [-0.39, 0.29) is 23.6 Å². The fourth-order valence-electron chi connectivity index (χ4n) is 3.09. The minimum absolute atomic E-state index is 0.175. The summed E-state index contributed by atoms with van der Waals surface area (Å²) in [5, 5.41) is 0.598. The average Bonchev–Trinajstić information content (AvgIpc) is 2.58. The molecule has 0 saturated carbocycles. The summed E-state index contributed by atoms with van der Waals surface area (Å²) in [6.07, 6.45) is 2.09. The Balaban J connectivity index is 1.71. The quantitative estimate of drug-likeness (QED) is 0.873. The number of para-hydroxylation sites is 1. The largest absolute Gasteiger partial charge is 0.452 e. The van der Waals surface area contributed by atoms with Crippen molar-refractivity contribution < 1.29 is 14.3 Å². The molecule has 0 bridgehead atoms. The molecule has 1 amide bonds. The lowest BCUT2D eigenvalue weighted by atomic mass is 10.0. The fourth-order valence-corrected chi connectivity index (χ4v) is 3.09. The molecule has 0 spiro atoms. The lowest BCUT2D eigenvalue weighted by molar-refractivity contribution is -0.136. The van der Waals surface area contributed by atoms with Gasteiger partial charge in [0.2, 0.25) is 5.56 Å².